The fourth-order valence-corrected chi connectivity index (χ4v) is 3.07. The molecule has 2 rings (SSSR count). The summed E-state index contributed by atoms with van der Waals surface area (Å²) in [6.07, 6.45) is 3.84. The van der Waals surface area contributed by atoms with Crippen molar-refractivity contribution in [1.82, 2.24) is 9.80 Å². The maximum Gasteiger partial charge on any atom is 0.208 e. The second-order valence-electron chi connectivity index (χ2n) is 5.04. The second-order valence-corrected chi connectivity index (χ2v) is 5.81. The van der Waals surface area contributed by atoms with E-state index in [-0.39, 0.29) is 0 Å². The summed E-state index contributed by atoms with van der Waals surface area (Å²) in [5.41, 5.74) is 1.30. The first kappa shape index (κ1) is 16.7. The molecule has 0 atom stereocenters. The standard InChI is InChI=1S/C16H22N4OS/c1-3-21-15-6-4-14(5-7-15)12-19-8-10-20(11-9-19)16(22-2)18-13-17/h4-7H,3,8-12H2,1-2H3/b18-16+. The van der Waals surface area contributed by atoms with Gasteiger partial charge in [-0.1, -0.05) is 23.9 Å². The van der Waals surface area contributed by atoms with Gasteiger partial charge in [-0.3, -0.25) is 4.90 Å². The molecule has 0 N–H and O–H groups in total. The minimum Gasteiger partial charge on any atom is -0.494 e. The molecule has 0 aromatic heterocycles. The Morgan fingerprint density at radius 3 is 2.50 bits per heavy atom. The lowest BCUT2D eigenvalue weighted by molar-refractivity contribution is 0.177. The Morgan fingerprint density at radius 2 is 1.95 bits per heavy atom. The van der Waals surface area contributed by atoms with E-state index in [0.29, 0.717) is 6.61 Å². The Hall–Kier alpha value is -1.71. The van der Waals surface area contributed by atoms with Gasteiger partial charge in [-0.05, 0) is 30.9 Å². The van der Waals surface area contributed by atoms with Gasteiger partial charge in [0.25, 0.3) is 0 Å². The Balaban J connectivity index is 1.84. The highest BCUT2D eigenvalue weighted by Gasteiger charge is 2.19. The summed E-state index contributed by atoms with van der Waals surface area (Å²) in [5.74, 6) is 0.924. The molecule has 118 valence electrons. The molecule has 22 heavy (non-hydrogen) atoms. The molecule has 1 fully saturated rings. The maximum absolute atomic E-state index is 8.71. The lowest BCUT2D eigenvalue weighted by Gasteiger charge is -2.35. The van der Waals surface area contributed by atoms with Crippen molar-refractivity contribution in [1.29, 1.82) is 5.26 Å². The number of hydrogen-bond donors (Lipinski definition) is 0. The van der Waals surface area contributed by atoms with Crippen molar-refractivity contribution in [2.45, 2.75) is 13.5 Å². The van der Waals surface area contributed by atoms with Crippen molar-refractivity contribution in [2.24, 2.45) is 4.99 Å². The molecule has 6 heteroatoms. The van der Waals surface area contributed by atoms with E-state index in [0.717, 1.165) is 43.6 Å². The summed E-state index contributed by atoms with van der Waals surface area (Å²) in [4.78, 5) is 8.49. The van der Waals surface area contributed by atoms with Crippen LogP contribution in [0.15, 0.2) is 29.3 Å². The monoisotopic (exact) mass is 318 g/mol. The minimum absolute atomic E-state index is 0.698. The molecule has 0 amide bonds. The van der Waals surface area contributed by atoms with E-state index in [4.69, 9.17) is 10.00 Å². The number of ether oxygens (including phenoxy) is 1. The lowest BCUT2D eigenvalue weighted by atomic mass is 10.2. The topological polar surface area (TPSA) is 51.9 Å². The molecular formula is C16H22N4OS. The van der Waals surface area contributed by atoms with Crippen LogP contribution in [0, 0.1) is 11.5 Å². The fourth-order valence-electron chi connectivity index (χ4n) is 2.50. The van der Waals surface area contributed by atoms with E-state index in [1.165, 1.54) is 17.3 Å². The van der Waals surface area contributed by atoms with E-state index < -0.39 is 0 Å². The van der Waals surface area contributed by atoms with Gasteiger partial charge in [-0.2, -0.15) is 5.26 Å². The Kier molecular flexibility index (Phi) is 6.56. The summed E-state index contributed by atoms with van der Waals surface area (Å²) >= 11 is 1.53. The normalized spacial score (nSPS) is 16.4. The molecule has 5 nitrogen and oxygen atoms in total. The number of nitriles is 1. The molecule has 0 aliphatic carbocycles. The van der Waals surface area contributed by atoms with Crippen LogP contribution in [-0.4, -0.2) is 54.0 Å². The predicted octanol–water partition coefficient (Wildman–Crippen LogP) is 2.40. The molecule has 0 saturated carbocycles. The summed E-state index contributed by atoms with van der Waals surface area (Å²) in [6.45, 7) is 7.44. The fraction of sp³-hybridized carbons (Fsp3) is 0.500. The van der Waals surface area contributed by atoms with Gasteiger partial charge in [0.2, 0.25) is 6.19 Å². The molecule has 0 bridgehead atoms. The smallest absolute Gasteiger partial charge is 0.208 e. The van der Waals surface area contributed by atoms with Crippen LogP contribution in [0.25, 0.3) is 0 Å². The first-order chi connectivity index (χ1) is 10.8. The van der Waals surface area contributed by atoms with E-state index in [1.807, 2.05) is 31.5 Å². The number of amidine groups is 1. The summed E-state index contributed by atoms with van der Waals surface area (Å²) < 4.78 is 5.46. The Morgan fingerprint density at radius 1 is 1.27 bits per heavy atom. The van der Waals surface area contributed by atoms with Crippen LogP contribution in [0.4, 0.5) is 0 Å². The van der Waals surface area contributed by atoms with Crippen molar-refractivity contribution in [3.05, 3.63) is 29.8 Å². The zero-order chi connectivity index (χ0) is 15.8. The van der Waals surface area contributed by atoms with Gasteiger partial charge in [0, 0.05) is 32.7 Å². The molecule has 0 radical (unpaired) electrons. The highest BCUT2D eigenvalue weighted by atomic mass is 32.2. The summed E-state index contributed by atoms with van der Waals surface area (Å²) in [5, 5.41) is 9.53. The Labute approximate surface area is 136 Å². The first-order valence-electron chi connectivity index (χ1n) is 7.46. The van der Waals surface area contributed by atoms with Gasteiger partial charge in [0.15, 0.2) is 5.17 Å². The third-order valence-electron chi connectivity index (χ3n) is 3.61. The van der Waals surface area contributed by atoms with E-state index >= 15 is 0 Å². The van der Waals surface area contributed by atoms with Gasteiger partial charge in [0.1, 0.15) is 5.75 Å². The van der Waals surface area contributed by atoms with Gasteiger partial charge >= 0.3 is 0 Å². The SMILES string of the molecule is CCOc1ccc(CN2CCN(/C(=N\C#N)SC)CC2)cc1. The molecule has 1 aliphatic heterocycles. The van der Waals surface area contributed by atoms with Crippen LogP contribution in [-0.2, 0) is 6.54 Å². The van der Waals surface area contributed by atoms with Crippen molar-refractivity contribution in [2.75, 3.05) is 39.0 Å². The number of piperazine rings is 1. The number of rotatable bonds is 4. The third kappa shape index (κ3) is 4.65. The predicted molar refractivity (Wildman–Crippen MR) is 91.0 cm³/mol. The number of aliphatic imine (C=N–C) groups is 1. The van der Waals surface area contributed by atoms with Crippen molar-refractivity contribution >= 4 is 16.9 Å². The van der Waals surface area contributed by atoms with Crippen molar-refractivity contribution in [3.8, 4) is 11.9 Å². The van der Waals surface area contributed by atoms with Gasteiger partial charge < -0.3 is 9.64 Å². The van der Waals surface area contributed by atoms with Crippen LogP contribution in [0.3, 0.4) is 0 Å². The van der Waals surface area contributed by atoms with E-state index in [1.54, 1.807) is 0 Å². The molecule has 1 aromatic rings. The average molecular weight is 318 g/mol. The third-order valence-corrected chi connectivity index (χ3v) is 4.33. The van der Waals surface area contributed by atoms with Crippen LogP contribution < -0.4 is 4.74 Å². The maximum atomic E-state index is 8.71. The average Bonchev–Trinajstić information content (AvgIpc) is 2.56. The highest BCUT2D eigenvalue weighted by molar-refractivity contribution is 8.13. The number of hydrogen-bond acceptors (Lipinski definition) is 5. The number of nitrogens with zero attached hydrogens (tertiary/aromatic N) is 4. The molecule has 1 aromatic carbocycles. The van der Waals surface area contributed by atoms with Gasteiger partial charge in [0.05, 0.1) is 6.61 Å². The Bertz CT molecular complexity index is 530. The highest BCUT2D eigenvalue weighted by Crippen LogP contribution is 2.15. The molecule has 0 unspecified atom stereocenters. The molecule has 0 spiro atoms. The molecule has 1 saturated heterocycles. The van der Waals surface area contributed by atoms with Crippen LogP contribution in [0.5, 0.6) is 5.75 Å². The summed E-state index contributed by atoms with van der Waals surface area (Å²) in [7, 11) is 0. The molecular weight excluding hydrogens is 296 g/mol. The number of thioether (sulfide) groups is 1. The van der Waals surface area contributed by atoms with Crippen molar-refractivity contribution < 1.29 is 4.74 Å². The van der Waals surface area contributed by atoms with Crippen LogP contribution in [0.1, 0.15) is 12.5 Å². The van der Waals surface area contributed by atoms with E-state index in [9.17, 15) is 0 Å². The zero-order valence-electron chi connectivity index (χ0n) is 13.2. The summed E-state index contributed by atoms with van der Waals surface area (Å²) in [6, 6.07) is 8.31. The molecule has 1 aliphatic rings. The van der Waals surface area contributed by atoms with Crippen LogP contribution >= 0.6 is 11.8 Å². The lowest BCUT2D eigenvalue weighted by Crippen LogP contribution is -2.47. The first-order valence-corrected chi connectivity index (χ1v) is 8.69. The van der Waals surface area contributed by atoms with Crippen molar-refractivity contribution in [3.63, 3.8) is 0 Å². The zero-order valence-corrected chi connectivity index (χ0v) is 14.0. The van der Waals surface area contributed by atoms with Gasteiger partial charge in [-0.15, -0.1) is 4.99 Å². The largest absolute Gasteiger partial charge is 0.494 e. The quantitative estimate of drug-likeness (QED) is 0.485. The second kappa shape index (κ2) is 8.66. The molecule has 1 heterocycles. The van der Waals surface area contributed by atoms with Crippen LogP contribution in [0.2, 0.25) is 0 Å². The number of benzene rings is 1. The van der Waals surface area contributed by atoms with Gasteiger partial charge in [-0.25, -0.2) is 0 Å². The minimum atomic E-state index is 0.698. The van der Waals surface area contributed by atoms with E-state index in [2.05, 4.69) is 26.9 Å².